The molecule has 0 spiro atoms. The maximum Gasteiger partial charge on any atom is 0.145 e. The zero-order valence-electron chi connectivity index (χ0n) is 7.92. The number of hydrogen-bond donors (Lipinski definition) is 0. The molecule has 0 aliphatic carbocycles. The van der Waals surface area contributed by atoms with Crippen molar-refractivity contribution in [1.82, 2.24) is 0 Å². The van der Waals surface area contributed by atoms with E-state index in [1.54, 1.807) is 6.92 Å². The first-order chi connectivity index (χ1) is 6.67. The van der Waals surface area contributed by atoms with Crippen molar-refractivity contribution in [2.75, 3.05) is 13.2 Å². The van der Waals surface area contributed by atoms with Crippen molar-refractivity contribution in [2.45, 2.75) is 12.3 Å². The van der Waals surface area contributed by atoms with E-state index < -0.39 is 5.41 Å². The summed E-state index contributed by atoms with van der Waals surface area (Å²) >= 11 is 3.47. The number of halogens is 1. The zero-order chi connectivity index (χ0) is 10.2. The van der Waals surface area contributed by atoms with Crippen LogP contribution in [-0.2, 0) is 14.9 Å². The molecule has 1 saturated heterocycles. The van der Waals surface area contributed by atoms with Gasteiger partial charge in [0.15, 0.2) is 0 Å². The van der Waals surface area contributed by atoms with Crippen LogP contribution >= 0.6 is 15.9 Å². The van der Waals surface area contributed by atoms with Crippen molar-refractivity contribution in [2.24, 2.45) is 0 Å². The molecule has 0 aromatic heterocycles. The normalized spacial score (nSPS) is 18.7. The third-order valence-corrected chi connectivity index (χ3v) is 3.45. The lowest BCUT2D eigenvalue weighted by Crippen LogP contribution is -2.52. The number of rotatable bonds is 2. The second-order valence-corrected chi connectivity index (χ2v) is 4.47. The lowest BCUT2D eigenvalue weighted by atomic mass is 9.75. The summed E-state index contributed by atoms with van der Waals surface area (Å²) in [5.74, 6) is 0.177. The van der Waals surface area contributed by atoms with Gasteiger partial charge in [-0.05, 0) is 18.6 Å². The molecule has 3 heteroatoms. The Morgan fingerprint density at radius 1 is 1.43 bits per heavy atom. The van der Waals surface area contributed by atoms with Crippen LogP contribution in [0.5, 0.6) is 0 Å². The SMILES string of the molecule is CC(=O)C1(c2ccccc2Br)COC1. The molecular weight excluding hydrogens is 244 g/mol. The van der Waals surface area contributed by atoms with Gasteiger partial charge >= 0.3 is 0 Å². The van der Waals surface area contributed by atoms with Gasteiger partial charge in [-0.3, -0.25) is 4.79 Å². The summed E-state index contributed by atoms with van der Waals surface area (Å²) in [6.45, 7) is 2.64. The number of benzene rings is 1. The molecule has 1 fully saturated rings. The summed E-state index contributed by atoms with van der Waals surface area (Å²) in [6, 6.07) is 7.83. The molecule has 0 N–H and O–H groups in total. The quantitative estimate of drug-likeness (QED) is 0.810. The van der Waals surface area contributed by atoms with Crippen LogP contribution in [0.4, 0.5) is 0 Å². The van der Waals surface area contributed by atoms with Gasteiger partial charge in [0.1, 0.15) is 11.2 Å². The Kier molecular flexibility index (Phi) is 2.45. The average Bonchev–Trinajstić information content (AvgIpc) is 2.05. The van der Waals surface area contributed by atoms with E-state index in [0.29, 0.717) is 13.2 Å². The first-order valence-electron chi connectivity index (χ1n) is 4.50. The van der Waals surface area contributed by atoms with Gasteiger partial charge in [-0.15, -0.1) is 0 Å². The van der Waals surface area contributed by atoms with E-state index in [9.17, 15) is 4.79 Å². The molecular formula is C11H11BrO2. The highest BCUT2D eigenvalue weighted by Crippen LogP contribution is 2.37. The molecule has 0 bridgehead atoms. The molecule has 1 aromatic rings. The van der Waals surface area contributed by atoms with Gasteiger partial charge in [0.2, 0.25) is 0 Å². The molecule has 74 valence electrons. The van der Waals surface area contributed by atoms with E-state index in [1.807, 2.05) is 24.3 Å². The third kappa shape index (κ3) is 1.31. The van der Waals surface area contributed by atoms with Gasteiger partial charge in [-0.1, -0.05) is 34.1 Å². The number of Topliss-reactive ketones (excluding diaryl/α,β-unsaturated/α-hetero) is 1. The van der Waals surface area contributed by atoms with E-state index in [1.165, 1.54) is 0 Å². The Morgan fingerprint density at radius 3 is 2.50 bits per heavy atom. The van der Waals surface area contributed by atoms with Crippen LogP contribution in [-0.4, -0.2) is 19.0 Å². The molecule has 1 aromatic carbocycles. The second kappa shape index (κ2) is 3.48. The van der Waals surface area contributed by atoms with Crippen molar-refractivity contribution in [1.29, 1.82) is 0 Å². The lowest BCUT2D eigenvalue weighted by Gasteiger charge is -2.40. The van der Waals surface area contributed by atoms with Gasteiger partial charge in [-0.25, -0.2) is 0 Å². The van der Waals surface area contributed by atoms with E-state index in [-0.39, 0.29) is 5.78 Å². The number of carbonyl (C=O) groups is 1. The molecule has 14 heavy (non-hydrogen) atoms. The van der Waals surface area contributed by atoms with Crippen LogP contribution in [0.15, 0.2) is 28.7 Å². The lowest BCUT2D eigenvalue weighted by molar-refractivity contribution is -0.140. The van der Waals surface area contributed by atoms with Crippen LogP contribution in [0, 0.1) is 0 Å². The van der Waals surface area contributed by atoms with E-state index >= 15 is 0 Å². The minimum absolute atomic E-state index is 0.177. The first kappa shape index (κ1) is 9.87. The van der Waals surface area contributed by atoms with Crippen LogP contribution < -0.4 is 0 Å². The van der Waals surface area contributed by atoms with Gasteiger partial charge < -0.3 is 4.74 Å². The van der Waals surface area contributed by atoms with E-state index in [2.05, 4.69) is 15.9 Å². The smallest absolute Gasteiger partial charge is 0.145 e. The number of ketones is 1. The van der Waals surface area contributed by atoms with E-state index in [4.69, 9.17) is 4.74 Å². The molecule has 1 aliphatic rings. The fourth-order valence-electron chi connectivity index (χ4n) is 1.70. The highest BCUT2D eigenvalue weighted by molar-refractivity contribution is 9.10. The minimum atomic E-state index is -0.403. The number of hydrogen-bond acceptors (Lipinski definition) is 2. The Balaban J connectivity index is 2.47. The molecule has 1 heterocycles. The average molecular weight is 255 g/mol. The molecule has 0 saturated carbocycles. The van der Waals surface area contributed by atoms with Crippen molar-refractivity contribution in [3.8, 4) is 0 Å². The van der Waals surface area contributed by atoms with Crippen LogP contribution in [0.1, 0.15) is 12.5 Å². The fraction of sp³-hybridized carbons (Fsp3) is 0.364. The third-order valence-electron chi connectivity index (χ3n) is 2.76. The van der Waals surface area contributed by atoms with Crippen molar-refractivity contribution in [3.63, 3.8) is 0 Å². The molecule has 2 rings (SSSR count). The Labute approximate surface area is 91.4 Å². The Bertz CT molecular complexity index is 369. The highest BCUT2D eigenvalue weighted by Gasteiger charge is 2.45. The van der Waals surface area contributed by atoms with Crippen LogP contribution in [0.25, 0.3) is 0 Å². The van der Waals surface area contributed by atoms with Crippen LogP contribution in [0.2, 0.25) is 0 Å². The summed E-state index contributed by atoms with van der Waals surface area (Å²) in [5.41, 5.74) is 0.638. The molecule has 1 aliphatic heterocycles. The highest BCUT2D eigenvalue weighted by atomic mass is 79.9. The molecule has 0 atom stereocenters. The topological polar surface area (TPSA) is 26.3 Å². The monoisotopic (exact) mass is 254 g/mol. The summed E-state index contributed by atoms with van der Waals surface area (Å²) < 4.78 is 6.15. The van der Waals surface area contributed by atoms with Gasteiger partial charge in [-0.2, -0.15) is 0 Å². The number of ether oxygens (including phenoxy) is 1. The summed E-state index contributed by atoms with van der Waals surface area (Å²) in [6.07, 6.45) is 0. The maximum atomic E-state index is 11.6. The summed E-state index contributed by atoms with van der Waals surface area (Å²) in [7, 11) is 0. The Morgan fingerprint density at radius 2 is 2.07 bits per heavy atom. The Hall–Kier alpha value is -0.670. The molecule has 2 nitrogen and oxygen atoms in total. The summed E-state index contributed by atoms with van der Waals surface area (Å²) in [5, 5.41) is 0. The van der Waals surface area contributed by atoms with Crippen LogP contribution in [0.3, 0.4) is 0 Å². The second-order valence-electron chi connectivity index (χ2n) is 3.61. The van der Waals surface area contributed by atoms with Crippen molar-refractivity contribution >= 4 is 21.7 Å². The maximum absolute atomic E-state index is 11.6. The predicted octanol–water partition coefficient (Wildman–Crippen LogP) is 2.31. The predicted molar refractivity (Wildman–Crippen MR) is 57.3 cm³/mol. The van der Waals surface area contributed by atoms with Gasteiger partial charge in [0, 0.05) is 4.47 Å². The standard InChI is InChI=1S/C11H11BrO2/c1-8(13)11(6-14-7-11)9-4-2-3-5-10(9)12/h2-5H,6-7H2,1H3. The molecule has 0 amide bonds. The summed E-state index contributed by atoms with van der Waals surface area (Å²) in [4.78, 5) is 11.6. The first-order valence-corrected chi connectivity index (χ1v) is 5.30. The largest absolute Gasteiger partial charge is 0.378 e. The van der Waals surface area contributed by atoms with Crippen molar-refractivity contribution in [3.05, 3.63) is 34.3 Å². The number of carbonyl (C=O) groups excluding carboxylic acids is 1. The molecule has 0 radical (unpaired) electrons. The van der Waals surface area contributed by atoms with E-state index in [0.717, 1.165) is 10.0 Å². The van der Waals surface area contributed by atoms with Gasteiger partial charge in [0.05, 0.1) is 13.2 Å². The minimum Gasteiger partial charge on any atom is -0.378 e. The van der Waals surface area contributed by atoms with Crippen molar-refractivity contribution < 1.29 is 9.53 Å². The zero-order valence-corrected chi connectivity index (χ0v) is 9.50. The molecule has 0 unspecified atom stereocenters. The van der Waals surface area contributed by atoms with Gasteiger partial charge in [0.25, 0.3) is 0 Å². The fourth-order valence-corrected chi connectivity index (χ4v) is 2.37.